The quantitative estimate of drug-likeness (QED) is 0.177. The lowest BCUT2D eigenvalue weighted by atomic mass is 10.1. The molecule has 2 heterocycles. The lowest BCUT2D eigenvalue weighted by Gasteiger charge is -2.07. The van der Waals surface area contributed by atoms with Crippen LogP contribution < -0.4 is 16.8 Å². The van der Waals surface area contributed by atoms with E-state index in [1.807, 2.05) is 31.2 Å². The van der Waals surface area contributed by atoms with Gasteiger partial charge >= 0.3 is 0 Å². The third-order valence-electron chi connectivity index (χ3n) is 5.43. The highest BCUT2D eigenvalue weighted by Gasteiger charge is 2.15. The van der Waals surface area contributed by atoms with Crippen molar-refractivity contribution in [3.05, 3.63) is 83.7 Å². The number of pyridine rings is 1. The van der Waals surface area contributed by atoms with Crippen LogP contribution in [0, 0.1) is 11.3 Å². The number of hydrogen-bond acceptors (Lipinski definition) is 6. The van der Waals surface area contributed by atoms with E-state index in [0.717, 1.165) is 36.0 Å². The number of amides is 1. The molecule has 0 radical (unpaired) electrons. The number of nitrogens with two attached hydrogens (primary N) is 2. The van der Waals surface area contributed by atoms with E-state index in [0.29, 0.717) is 35.4 Å². The maximum Gasteiger partial charge on any atom is 0.251 e. The molecule has 2 aromatic heterocycles. The van der Waals surface area contributed by atoms with Crippen LogP contribution in [0.1, 0.15) is 35.0 Å². The first-order chi connectivity index (χ1) is 18.5. The molecule has 0 spiro atoms. The minimum atomic E-state index is -0.198. The summed E-state index contributed by atoms with van der Waals surface area (Å²) in [6.45, 7) is 3.35. The van der Waals surface area contributed by atoms with Crippen LogP contribution in [0.15, 0.2) is 71.9 Å². The molecule has 0 atom stereocenters. The highest BCUT2D eigenvalue weighted by Crippen LogP contribution is 2.26. The molecular formula is C28H30N8O2. The average Bonchev–Trinajstić information content (AvgIpc) is 3.30. The average molecular weight is 511 g/mol. The van der Waals surface area contributed by atoms with E-state index in [1.54, 1.807) is 47.2 Å². The Balaban J connectivity index is 0.000000505. The predicted molar refractivity (Wildman–Crippen MR) is 147 cm³/mol. The van der Waals surface area contributed by atoms with Crippen LogP contribution in [0.5, 0.6) is 0 Å². The number of rotatable bonds is 9. The van der Waals surface area contributed by atoms with Gasteiger partial charge in [-0.05, 0) is 48.9 Å². The molecule has 0 aliphatic heterocycles. The molecule has 4 aromatic rings. The Hall–Kier alpha value is -5.04. The Labute approximate surface area is 221 Å². The molecule has 4 rings (SSSR count). The third-order valence-corrected chi connectivity index (χ3v) is 5.43. The van der Waals surface area contributed by atoms with E-state index >= 15 is 0 Å². The summed E-state index contributed by atoms with van der Waals surface area (Å²) in [6, 6.07) is 20.1. The number of carbonyl (C=O) groups excluding carboxylic acids is 2. The maximum atomic E-state index is 12.6. The second-order valence-corrected chi connectivity index (χ2v) is 8.24. The molecule has 0 saturated heterocycles. The van der Waals surface area contributed by atoms with Crippen LogP contribution in [-0.2, 0) is 17.8 Å². The van der Waals surface area contributed by atoms with Crippen molar-refractivity contribution >= 4 is 29.2 Å². The molecule has 0 fully saturated rings. The molecule has 10 heteroatoms. The smallest absolute Gasteiger partial charge is 0.251 e. The number of imidazole rings is 1. The fourth-order valence-corrected chi connectivity index (χ4v) is 3.67. The normalized spacial score (nSPS) is 10.1. The number of guanidine groups is 1. The Bertz CT molecular complexity index is 1450. The van der Waals surface area contributed by atoms with Crippen LogP contribution in [0.2, 0.25) is 0 Å². The van der Waals surface area contributed by atoms with Gasteiger partial charge in [0.1, 0.15) is 12.1 Å². The van der Waals surface area contributed by atoms with Crippen LogP contribution in [0.25, 0.3) is 22.4 Å². The van der Waals surface area contributed by atoms with Gasteiger partial charge in [-0.1, -0.05) is 25.1 Å². The van der Waals surface area contributed by atoms with Crippen molar-refractivity contribution in [3.63, 3.8) is 0 Å². The minimum Gasteiger partial charge on any atom is -0.370 e. The highest BCUT2D eigenvalue weighted by molar-refractivity contribution is 5.98. The van der Waals surface area contributed by atoms with Gasteiger partial charge in [0.2, 0.25) is 0 Å². The number of aromatic nitrogens is 3. The first-order valence-electron chi connectivity index (χ1n) is 12.1. The van der Waals surface area contributed by atoms with Crippen LogP contribution in [-0.4, -0.2) is 45.8 Å². The van der Waals surface area contributed by atoms with Gasteiger partial charge in [0.25, 0.3) is 5.91 Å². The fourth-order valence-electron chi connectivity index (χ4n) is 3.67. The largest absolute Gasteiger partial charge is 0.370 e. The van der Waals surface area contributed by atoms with E-state index in [4.69, 9.17) is 11.5 Å². The molecule has 5 N–H and O–H groups in total. The summed E-state index contributed by atoms with van der Waals surface area (Å²) in [6.07, 6.45) is 4.17. The number of carbonyl (C=O) groups is 2. The molecule has 0 aliphatic rings. The van der Waals surface area contributed by atoms with Crippen LogP contribution >= 0.6 is 0 Å². The van der Waals surface area contributed by atoms with E-state index in [9.17, 15) is 14.9 Å². The second kappa shape index (κ2) is 13.9. The Morgan fingerprint density at radius 2 is 2.00 bits per heavy atom. The summed E-state index contributed by atoms with van der Waals surface area (Å²) >= 11 is 0. The number of nitrogens with zero attached hydrogens (tertiary/aromatic N) is 5. The van der Waals surface area contributed by atoms with Gasteiger partial charge in [-0.2, -0.15) is 5.26 Å². The van der Waals surface area contributed by atoms with Gasteiger partial charge in [0.15, 0.2) is 5.96 Å². The van der Waals surface area contributed by atoms with E-state index < -0.39 is 0 Å². The third kappa shape index (κ3) is 7.48. The summed E-state index contributed by atoms with van der Waals surface area (Å²) in [5.41, 5.74) is 14.0. The number of nitrogens with one attached hydrogen (secondary N) is 1. The van der Waals surface area contributed by atoms with Crippen molar-refractivity contribution in [2.24, 2.45) is 16.5 Å². The molecule has 38 heavy (non-hydrogen) atoms. The summed E-state index contributed by atoms with van der Waals surface area (Å²) in [4.78, 5) is 36.5. The lowest BCUT2D eigenvalue weighted by Crippen LogP contribution is -2.25. The van der Waals surface area contributed by atoms with E-state index in [1.165, 1.54) is 0 Å². The van der Waals surface area contributed by atoms with Crippen LogP contribution in [0.3, 0.4) is 0 Å². The van der Waals surface area contributed by atoms with Crippen molar-refractivity contribution in [2.45, 2.75) is 26.3 Å². The van der Waals surface area contributed by atoms with Gasteiger partial charge in [-0.15, -0.1) is 0 Å². The molecular weight excluding hydrogens is 480 g/mol. The van der Waals surface area contributed by atoms with Gasteiger partial charge in [-0.25, -0.2) is 4.98 Å². The number of aldehydes is 1. The molecule has 0 saturated carbocycles. The summed E-state index contributed by atoms with van der Waals surface area (Å²) in [7, 11) is 0. The number of fused-ring (bicyclic) bond motifs is 1. The zero-order valence-corrected chi connectivity index (χ0v) is 21.2. The van der Waals surface area contributed by atoms with E-state index in [2.05, 4.69) is 26.3 Å². The fraction of sp³-hybridized carbons (Fsp3) is 0.214. The first-order valence-corrected chi connectivity index (χ1v) is 12.1. The summed E-state index contributed by atoms with van der Waals surface area (Å²) < 4.78 is 1.78. The van der Waals surface area contributed by atoms with Crippen LogP contribution in [0.4, 0.5) is 0 Å². The number of aliphatic imine (C=N–C) groups is 1. The van der Waals surface area contributed by atoms with Crippen molar-refractivity contribution in [1.29, 1.82) is 5.26 Å². The molecule has 1 amide bonds. The zero-order valence-electron chi connectivity index (χ0n) is 21.2. The molecule has 2 aromatic carbocycles. The lowest BCUT2D eigenvalue weighted by molar-refractivity contribution is -0.108. The topological polar surface area (TPSA) is 165 Å². The standard InChI is InChI=1S/C24H19N5O2.C4H11N3/c25-16-17-4-3-5-18(14-17)23-28-21-15-19(7-8-22(21)29(23)12-13-30)24(31)27-11-9-20-6-1-2-10-26-20;1-2-3-7-4(5)6/h1-8,10,13-15H,9,11-12H2,(H,27,31);2-3H2,1H3,(H4,5,6,7). The Morgan fingerprint density at radius 1 is 1.16 bits per heavy atom. The highest BCUT2D eigenvalue weighted by atomic mass is 16.1. The molecule has 0 aliphatic carbocycles. The molecule has 0 bridgehead atoms. The molecule has 10 nitrogen and oxygen atoms in total. The Kier molecular flexibility index (Phi) is 10.1. The van der Waals surface area contributed by atoms with Crippen molar-refractivity contribution in [2.75, 3.05) is 13.1 Å². The van der Waals surface area contributed by atoms with Gasteiger partial charge in [0.05, 0.1) is 29.2 Å². The Morgan fingerprint density at radius 3 is 2.66 bits per heavy atom. The van der Waals surface area contributed by atoms with Gasteiger partial charge in [-0.3, -0.25) is 14.8 Å². The maximum absolute atomic E-state index is 12.6. The van der Waals surface area contributed by atoms with Crippen molar-refractivity contribution in [1.82, 2.24) is 19.9 Å². The number of benzene rings is 2. The predicted octanol–water partition coefficient (Wildman–Crippen LogP) is 2.81. The van der Waals surface area contributed by atoms with Crippen molar-refractivity contribution in [3.8, 4) is 17.5 Å². The second-order valence-electron chi connectivity index (χ2n) is 8.24. The molecule has 194 valence electrons. The van der Waals surface area contributed by atoms with E-state index in [-0.39, 0.29) is 18.4 Å². The first kappa shape index (κ1) is 27.5. The number of hydrogen-bond donors (Lipinski definition) is 3. The van der Waals surface area contributed by atoms with Gasteiger partial charge in [0, 0.05) is 42.5 Å². The van der Waals surface area contributed by atoms with Crippen molar-refractivity contribution < 1.29 is 9.59 Å². The summed E-state index contributed by atoms with van der Waals surface area (Å²) in [5, 5.41) is 12.1. The summed E-state index contributed by atoms with van der Waals surface area (Å²) in [5.74, 6) is 0.560. The van der Waals surface area contributed by atoms with Gasteiger partial charge < -0.3 is 26.1 Å². The molecule has 0 unspecified atom stereocenters. The SMILES string of the molecule is CCCN=C(N)N.N#Cc1cccc(-c2nc3cc(C(=O)NCCc4ccccn4)ccc3n2CC=O)c1. The zero-order chi connectivity index (χ0) is 27.3. The monoisotopic (exact) mass is 510 g/mol. The minimum absolute atomic E-state index is 0.123. The number of nitriles is 1.